The van der Waals surface area contributed by atoms with Gasteiger partial charge >= 0.3 is 0 Å². The molecule has 2 rings (SSSR count). The molecule has 84 valence electrons. The Bertz CT molecular complexity index is 517. The maximum Gasteiger partial charge on any atom is 0.145 e. The molecule has 2 aromatic rings. The van der Waals surface area contributed by atoms with E-state index in [0.717, 1.165) is 17.0 Å². The van der Waals surface area contributed by atoms with Crippen molar-refractivity contribution < 1.29 is 4.74 Å². The van der Waals surface area contributed by atoms with E-state index in [4.69, 9.17) is 4.74 Å². The lowest BCUT2D eigenvalue weighted by Crippen LogP contribution is -2.06. The van der Waals surface area contributed by atoms with Crippen molar-refractivity contribution in [3.05, 3.63) is 35.5 Å². The van der Waals surface area contributed by atoms with Crippen LogP contribution in [0.3, 0.4) is 0 Å². The molecule has 0 spiro atoms. The number of nitrogens with zero attached hydrogens (tertiary/aromatic N) is 1. The fraction of sp³-hybridized carbons (Fsp3) is 0.357. The number of fused-ring (bicyclic) bond motifs is 1. The molecule has 2 nitrogen and oxygen atoms in total. The van der Waals surface area contributed by atoms with E-state index in [1.807, 2.05) is 32.9 Å². The Hall–Kier alpha value is -1.57. The summed E-state index contributed by atoms with van der Waals surface area (Å²) in [5.41, 5.74) is 3.25. The SMILES string of the molecule is Cc1cc(C)c2cccc(OC(C)C)c2n1. The van der Waals surface area contributed by atoms with Gasteiger partial charge in [-0.25, -0.2) is 4.98 Å². The Morgan fingerprint density at radius 3 is 2.62 bits per heavy atom. The number of aromatic nitrogens is 1. The van der Waals surface area contributed by atoms with E-state index in [-0.39, 0.29) is 6.10 Å². The first-order chi connectivity index (χ1) is 7.58. The summed E-state index contributed by atoms with van der Waals surface area (Å²) < 4.78 is 5.77. The first-order valence-electron chi connectivity index (χ1n) is 5.61. The van der Waals surface area contributed by atoms with Gasteiger partial charge in [-0.1, -0.05) is 12.1 Å². The van der Waals surface area contributed by atoms with Crippen LogP contribution in [0, 0.1) is 13.8 Å². The highest BCUT2D eigenvalue weighted by Gasteiger charge is 2.07. The van der Waals surface area contributed by atoms with Crippen molar-refractivity contribution in [1.82, 2.24) is 4.98 Å². The molecule has 0 N–H and O–H groups in total. The summed E-state index contributed by atoms with van der Waals surface area (Å²) in [5, 5.41) is 1.17. The molecule has 1 aromatic heterocycles. The van der Waals surface area contributed by atoms with Crippen molar-refractivity contribution in [2.75, 3.05) is 0 Å². The minimum absolute atomic E-state index is 0.174. The van der Waals surface area contributed by atoms with Gasteiger partial charge in [0.1, 0.15) is 11.3 Å². The Kier molecular flexibility index (Phi) is 2.82. The maximum atomic E-state index is 5.77. The molecular formula is C14H17NO. The van der Waals surface area contributed by atoms with E-state index in [1.54, 1.807) is 0 Å². The van der Waals surface area contributed by atoms with Crippen molar-refractivity contribution in [2.45, 2.75) is 33.8 Å². The molecule has 0 bridgehead atoms. The van der Waals surface area contributed by atoms with E-state index in [2.05, 4.69) is 24.0 Å². The molecule has 0 aliphatic carbocycles. The fourth-order valence-corrected chi connectivity index (χ4v) is 1.90. The van der Waals surface area contributed by atoms with Crippen LogP contribution in [-0.2, 0) is 0 Å². The lowest BCUT2D eigenvalue weighted by molar-refractivity contribution is 0.245. The van der Waals surface area contributed by atoms with Crippen molar-refractivity contribution >= 4 is 10.9 Å². The van der Waals surface area contributed by atoms with Gasteiger partial charge in [0.05, 0.1) is 6.10 Å². The Morgan fingerprint density at radius 2 is 1.94 bits per heavy atom. The van der Waals surface area contributed by atoms with Crippen molar-refractivity contribution in [3.63, 3.8) is 0 Å². The molecule has 0 unspecified atom stereocenters. The van der Waals surface area contributed by atoms with Gasteiger partial charge in [0.15, 0.2) is 0 Å². The number of ether oxygens (including phenoxy) is 1. The standard InChI is InChI=1S/C14H17NO/c1-9(2)16-13-7-5-6-12-10(3)8-11(4)15-14(12)13/h5-9H,1-4H3. The van der Waals surface area contributed by atoms with Crippen LogP contribution >= 0.6 is 0 Å². The number of hydrogen-bond donors (Lipinski definition) is 0. The van der Waals surface area contributed by atoms with Crippen LogP contribution in [-0.4, -0.2) is 11.1 Å². The zero-order valence-electron chi connectivity index (χ0n) is 10.2. The summed E-state index contributed by atoms with van der Waals surface area (Å²) in [5.74, 6) is 0.874. The Balaban J connectivity index is 2.66. The van der Waals surface area contributed by atoms with E-state index >= 15 is 0 Å². The molecule has 0 aliphatic heterocycles. The second kappa shape index (κ2) is 4.12. The molecule has 0 saturated heterocycles. The van der Waals surface area contributed by atoms with Gasteiger partial charge in [-0.05, 0) is 45.4 Å². The van der Waals surface area contributed by atoms with Crippen LogP contribution in [0.25, 0.3) is 10.9 Å². The highest BCUT2D eigenvalue weighted by atomic mass is 16.5. The number of benzene rings is 1. The van der Waals surface area contributed by atoms with Crippen LogP contribution in [0.15, 0.2) is 24.3 Å². The number of aryl methyl sites for hydroxylation is 2. The summed E-state index contributed by atoms with van der Waals surface area (Å²) in [6.07, 6.45) is 0.174. The van der Waals surface area contributed by atoms with Gasteiger partial charge < -0.3 is 4.74 Å². The van der Waals surface area contributed by atoms with Gasteiger partial charge in [0.2, 0.25) is 0 Å². The minimum atomic E-state index is 0.174. The quantitative estimate of drug-likeness (QED) is 0.763. The van der Waals surface area contributed by atoms with Gasteiger partial charge in [-0.15, -0.1) is 0 Å². The summed E-state index contributed by atoms with van der Waals surface area (Å²) >= 11 is 0. The molecule has 1 heterocycles. The largest absolute Gasteiger partial charge is 0.489 e. The normalized spacial score (nSPS) is 11.1. The fourth-order valence-electron chi connectivity index (χ4n) is 1.90. The van der Waals surface area contributed by atoms with Crippen molar-refractivity contribution in [1.29, 1.82) is 0 Å². The predicted molar refractivity (Wildman–Crippen MR) is 67.0 cm³/mol. The Labute approximate surface area is 96.3 Å². The highest BCUT2D eigenvalue weighted by molar-refractivity contribution is 5.87. The molecule has 16 heavy (non-hydrogen) atoms. The smallest absolute Gasteiger partial charge is 0.145 e. The van der Waals surface area contributed by atoms with Gasteiger partial charge in [-0.3, -0.25) is 0 Å². The molecule has 2 heteroatoms. The lowest BCUT2D eigenvalue weighted by atomic mass is 10.1. The third-order valence-electron chi connectivity index (χ3n) is 2.50. The van der Waals surface area contributed by atoms with Crippen molar-refractivity contribution in [3.8, 4) is 5.75 Å². The number of pyridine rings is 1. The summed E-state index contributed by atoms with van der Waals surface area (Å²) in [6.45, 7) is 8.18. The second-order valence-corrected chi connectivity index (χ2v) is 4.40. The Morgan fingerprint density at radius 1 is 1.19 bits per heavy atom. The summed E-state index contributed by atoms with van der Waals surface area (Å²) in [7, 11) is 0. The zero-order valence-corrected chi connectivity index (χ0v) is 10.2. The number of para-hydroxylation sites is 1. The third kappa shape index (κ3) is 2.01. The molecule has 0 fully saturated rings. The van der Waals surface area contributed by atoms with Crippen LogP contribution in [0.1, 0.15) is 25.1 Å². The molecular weight excluding hydrogens is 198 g/mol. The van der Waals surface area contributed by atoms with Gasteiger partial charge in [0, 0.05) is 11.1 Å². The van der Waals surface area contributed by atoms with E-state index in [9.17, 15) is 0 Å². The monoisotopic (exact) mass is 215 g/mol. The number of rotatable bonds is 2. The van der Waals surface area contributed by atoms with Crippen LogP contribution in [0.4, 0.5) is 0 Å². The first-order valence-corrected chi connectivity index (χ1v) is 5.61. The van der Waals surface area contributed by atoms with E-state index < -0.39 is 0 Å². The van der Waals surface area contributed by atoms with Crippen molar-refractivity contribution in [2.24, 2.45) is 0 Å². The third-order valence-corrected chi connectivity index (χ3v) is 2.50. The second-order valence-electron chi connectivity index (χ2n) is 4.40. The van der Waals surface area contributed by atoms with Crippen LogP contribution in [0.2, 0.25) is 0 Å². The average molecular weight is 215 g/mol. The van der Waals surface area contributed by atoms with E-state index in [0.29, 0.717) is 0 Å². The number of hydrogen-bond acceptors (Lipinski definition) is 2. The zero-order chi connectivity index (χ0) is 11.7. The minimum Gasteiger partial charge on any atom is -0.489 e. The molecule has 0 radical (unpaired) electrons. The maximum absolute atomic E-state index is 5.77. The lowest BCUT2D eigenvalue weighted by Gasteiger charge is -2.13. The summed E-state index contributed by atoms with van der Waals surface area (Å²) in [4.78, 5) is 4.56. The van der Waals surface area contributed by atoms with E-state index in [1.165, 1.54) is 10.9 Å². The highest BCUT2D eigenvalue weighted by Crippen LogP contribution is 2.27. The molecule has 1 aromatic carbocycles. The molecule has 0 amide bonds. The average Bonchev–Trinajstić information content (AvgIpc) is 2.18. The summed E-state index contributed by atoms with van der Waals surface area (Å²) in [6, 6.07) is 8.18. The van der Waals surface area contributed by atoms with Crippen LogP contribution in [0.5, 0.6) is 5.75 Å². The van der Waals surface area contributed by atoms with Gasteiger partial charge in [0.25, 0.3) is 0 Å². The van der Waals surface area contributed by atoms with Gasteiger partial charge in [-0.2, -0.15) is 0 Å². The topological polar surface area (TPSA) is 22.1 Å². The predicted octanol–water partition coefficient (Wildman–Crippen LogP) is 3.64. The first kappa shape index (κ1) is 10.9. The molecule has 0 saturated carbocycles. The molecule has 0 aliphatic rings. The van der Waals surface area contributed by atoms with Crippen LogP contribution < -0.4 is 4.74 Å². The molecule has 0 atom stereocenters.